The van der Waals surface area contributed by atoms with Crippen molar-refractivity contribution in [3.63, 3.8) is 0 Å². The van der Waals surface area contributed by atoms with Gasteiger partial charge in [-0.05, 0) is 6.92 Å². The lowest BCUT2D eigenvalue weighted by molar-refractivity contribution is -0.142. The summed E-state index contributed by atoms with van der Waals surface area (Å²) in [6.45, 7) is 3.52. The van der Waals surface area contributed by atoms with Crippen molar-refractivity contribution >= 4 is 11.9 Å². The smallest absolute Gasteiger partial charge is 0.309 e. The topological polar surface area (TPSA) is 55.4 Å². The second kappa shape index (κ2) is 6.39. The Morgan fingerprint density at radius 2 is 2.17 bits per heavy atom. The number of hydrogen-bond donors (Lipinski definition) is 1. The molecule has 0 spiro atoms. The van der Waals surface area contributed by atoms with Crippen LogP contribution in [0.25, 0.3) is 0 Å². The fourth-order valence-electron chi connectivity index (χ4n) is 0.551. The molecule has 4 nitrogen and oxygen atoms in total. The summed E-state index contributed by atoms with van der Waals surface area (Å²) >= 11 is 0. The van der Waals surface area contributed by atoms with Crippen molar-refractivity contribution in [2.45, 2.75) is 20.3 Å². The second-order valence-corrected chi connectivity index (χ2v) is 2.11. The van der Waals surface area contributed by atoms with Crippen LogP contribution in [0.5, 0.6) is 0 Å². The third-order valence-electron chi connectivity index (χ3n) is 0.994. The maximum Gasteiger partial charge on any atom is 0.309 e. The van der Waals surface area contributed by atoms with E-state index in [4.69, 9.17) is 0 Å². The van der Waals surface area contributed by atoms with E-state index in [1.165, 1.54) is 13.1 Å². The number of nitrogens with one attached hydrogen (secondary N) is 1. The normalized spacial score (nSPS) is 9.83. The predicted molar refractivity (Wildman–Crippen MR) is 44.2 cm³/mol. The van der Waals surface area contributed by atoms with Crippen LogP contribution in [0.1, 0.15) is 20.3 Å². The molecule has 0 bridgehead atoms. The van der Waals surface area contributed by atoms with E-state index in [-0.39, 0.29) is 18.3 Å². The molecule has 0 saturated heterocycles. The van der Waals surface area contributed by atoms with Crippen molar-refractivity contribution in [3.05, 3.63) is 12.3 Å². The summed E-state index contributed by atoms with van der Waals surface area (Å²) in [5.41, 5.74) is 0. The fourth-order valence-corrected chi connectivity index (χ4v) is 0.551. The van der Waals surface area contributed by atoms with Gasteiger partial charge < -0.3 is 10.1 Å². The van der Waals surface area contributed by atoms with E-state index in [2.05, 4.69) is 10.1 Å². The van der Waals surface area contributed by atoms with Crippen LogP contribution in [0.4, 0.5) is 0 Å². The molecule has 1 amide bonds. The summed E-state index contributed by atoms with van der Waals surface area (Å²) in [6.07, 6.45) is 3.16. The monoisotopic (exact) mass is 171 g/mol. The van der Waals surface area contributed by atoms with Gasteiger partial charge in [0.15, 0.2) is 0 Å². The molecule has 4 heteroatoms. The van der Waals surface area contributed by atoms with Crippen LogP contribution < -0.4 is 5.32 Å². The lowest BCUT2D eigenvalue weighted by atomic mass is 10.4. The van der Waals surface area contributed by atoms with Crippen LogP contribution in [-0.4, -0.2) is 18.5 Å². The van der Waals surface area contributed by atoms with Gasteiger partial charge in [-0.25, -0.2) is 0 Å². The summed E-state index contributed by atoms with van der Waals surface area (Å²) in [7, 11) is 0. The lowest BCUT2D eigenvalue weighted by Crippen LogP contribution is -2.11. The van der Waals surface area contributed by atoms with Gasteiger partial charge in [-0.2, -0.15) is 0 Å². The lowest BCUT2D eigenvalue weighted by Gasteiger charge is -1.96. The van der Waals surface area contributed by atoms with Gasteiger partial charge in [0.25, 0.3) is 0 Å². The molecule has 0 radical (unpaired) electrons. The number of carbonyl (C=O) groups excluding carboxylic acids is 2. The maximum absolute atomic E-state index is 10.7. The highest BCUT2D eigenvalue weighted by Crippen LogP contribution is 1.86. The average molecular weight is 171 g/mol. The third kappa shape index (κ3) is 6.80. The molecule has 0 fully saturated rings. The molecule has 0 aromatic rings. The molecule has 0 saturated carbocycles. The number of amides is 1. The molecule has 0 heterocycles. The molecule has 12 heavy (non-hydrogen) atoms. The molecule has 1 N–H and O–H groups in total. The van der Waals surface area contributed by atoms with Crippen LogP contribution in [-0.2, 0) is 14.3 Å². The molecule has 0 aliphatic rings. The summed E-state index contributed by atoms with van der Waals surface area (Å²) in [6, 6.07) is 0. The van der Waals surface area contributed by atoms with Crippen LogP contribution in [0, 0.1) is 0 Å². The molecule has 0 aliphatic heterocycles. The van der Waals surface area contributed by atoms with Gasteiger partial charge in [0, 0.05) is 13.1 Å². The first kappa shape index (κ1) is 10.7. The van der Waals surface area contributed by atoms with Gasteiger partial charge in [-0.3, -0.25) is 9.59 Å². The van der Waals surface area contributed by atoms with Gasteiger partial charge >= 0.3 is 5.97 Å². The first-order chi connectivity index (χ1) is 5.66. The molecular weight excluding hydrogens is 158 g/mol. The molecule has 68 valence electrons. The first-order valence-corrected chi connectivity index (χ1v) is 3.74. The predicted octanol–water partition coefficient (Wildman–Crippen LogP) is 0.589. The second-order valence-electron chi connectivity index (χ2n) is 2.11. The minimum absolute atomic E-state index is 0.157. The summed E-state index contributed by atoms with van der Waals surface area (Å²) in [5, 5.41) is 2.42. The molecular formula is C8H13NO3. The Labute approximate surface area is 71.6 Å². The van der Waals surface area contributed by atoms with Crippen LogP contribution in [0.3, 0.4) is 0 Å². The first-order valence-electron chi connectivity index (χ1n) is 3.74. The highest BCUT2D eigenvalue weighted by molar-refractivity contribution is 5.74. The fraction of sp³-hybridized carbons (Fsp3) is 0.500. The zero-order valence-electron chi connectivity index (χ0n) is 7.29. The van der Waals surface area contributed by atoms with Gasteiger partial charge in [0.2, 0.25) is 5.91 Å². The van der Waals surface area contributed by atoms with E-state index in [1.54, 1.807) is 13.0 Å². The molecule has 0 aliphatic carbocycles. The maximum atomic E-state index is 10.7. The summed E-state index contributed by atoms with van der Waals surface area (Å²) in [4.78, 5) is 21.0. The highest BCUT2D eigenvalue weighted by atomic mass is 16.5. The molecule has 0 atom stereocenters. The highest BCUT2D eigenvalue weighted by Gasteiger charge is 1.95. The summed E-state index contributed by atoms with van der Waals surface area (Å²) < 4.78 is 4.65. The Hall–Kier alpha value is -1.32. The van der Waals surface area contributed by atoms with E-state index in [0.29, 0.717) is 6.61 Å². The van der Waals surface area contributed by atoms with Crippen molar-refractivity contribution in [3.8, 4) is 0 Å². The van der Waals surface area contributed by atoms with Crippen LogP contribution in [0.2, 0.25) is 0 Å². The number of esters is 1. The largest absolute Gasteiger partial charge is 0.466 e. The van der Waals surface area contributed by atoms with E-state index < -0.39 is 0 Å². The van der Waals surface area contributed by atoms with E-state index in [1.807, 2.05) is 0 Å². The standard InChI is InChI=1S/C8H13NO3/c1-3-12-8(11)5-4-6-9-7(2)10/h4,6H,3,5H2,1-2H3,(H,9,10)/b6-4-. The Bertz CT molecular complexity index is 187. The van der Waals surface area contributed by atoms with Crippen LogP contribution >= 0.6 is 0 Å². The van der Waals surface area contributed by atoms with Crippen molar-refractivity contribution in [1.29, 1.82) is 0 Å². The SMILES string of the molecule is CCOC(=O)C/C=C\NC(C)=O. The van der Waals surface area contributed by atoms with Gasteiger partial charge in [-0.15, -0.1) is 0 Å². The zero-order chi connectivity index (χ0) is 9.40. The van der Waals surface area contributed by atoms with E-state index >= 15 is 0 Å². The van der Waals surface area contributed by atoms with Crippen LogP contribution in [0.15, 0.2) is 12.3 Å². The van der Waals surface area contributed by atoms with Crippen molar-refractivity contribution in [1.82, 2.24) is 5.32 Å². The Balaban J connectivity index is 3.46. The molecule has 0 aromatic heterocycles. The van der Waals surface area contributed by atoms with E-state index in [9.17, 15) is 9.59 Å². The summed E-state index contributed by atoms with van der Waals surface area (Å²) in [5.74, 6) is -0.450. The third-order valence-corrected chi connectivity index (χ3v) is 0.994. The van der Waals surface area contributed by atoms with E-state index in [0.717, 1.165) is 0 Å². The van der Waals surface area contributed by atoms with Gasteiger partial charge in [-0.1, -0.05) is 6.08 Å². The van der Waals surface area contributed by atoms with Crippen molar-refractivity contribution in [2.24, 2.45) is 0 Å². The zero-order valence-corrected chi connectivity index (χ0v) is 7.29. The Morgan fingerprint density at radius 3 is 2.67 bits per heavy atom. The quantitative estimate of drug-likeness (QED) is 0.630. The van der Waals surface area contributed by atoms with Crippen molar-refractivity contribution in [2.75, 3.05) is 6.61 Å². The minimum Gasteiger partial charge on any atom is -0.466 e. The molecule has 0 unspecified atom stereocenters. The Morgan fingerprint density at radius 1 is 1.50 bits per heavy atom. The number of hydrogen-bond acceptors (Lipinski definition) is 3. The number of rotatable bonds is 4. The van der Waals surface area contributed by atoms with Gasteiger partial charge in [0.1, 0.15) is 0 Å². The molecule has 0 rings (SSSR count). The Kier molecular flexibility index (Phi) is 5.69. The minimum atomic E-state index is -0.292. The van der Waals surface area contributed by atoms with Gasteiger partial charge in [0.05, 0.1) is 13.0 Å². The molecule has 0 aromatic carbocycles. The number of carbonyl (C=O) groups is 2. The average Bonchev–Trinajstić information content (AvgIpc) is 1.98. The van der Waals surface area contributed by atoms with Crippen molar-refractivity contribution < 1.29 is 14.3 Å². The number of ether oxygens (including phenoxy) is 1.